The van der Waals surface area contributed by atoms with E-state index >= 15 is 0 Å². The number of nitrogens with zero attached hydrogens (tertiary/aromatic N) is 3. The average Bonchev–Trinajstić information content (AvgIpc) is 3.14. The maximum absolute atomic E-state index is 13.8. The second-order valence-corrected chi connectivity index (χ2v) is 6.72. The number of likely N-dealkylation sites (tertiary alicyclic amines) is 1. The standard InChI is InChI=1S/C15H20FN3OS/c1-18(9-13-4-5-20-17-13)10-14-7-12(16)8-19(14)11-15-3-2-6-21-15/h2-6,12,14H,7-11H2,1H3/t12-,14-/m0/s1. The molecule has 0 spiro atoms. The number of thiophene rings is 1. The normalized spacial score (nSPS) is 23.2. The first-order chi connectivity index (χ1) is 10.2. The van der Waals surface area contributed by atoms with E-state index in [1.165, 1.54) is 4.88 Å². The summed E-state index contributed by atoms with van der Waals surface area (Å²) < 4.78 is 18.6. The van der Waals surface area contributed by atoms with Crippen LogP contribution in [0.25, 0.3) is 0 Å². The molecule has 6 heteroatoms. The monoisotopic (exact) mass is 309 g/mol. The molecule has 0 bridgehead atoms. The summed E-state index contributed by atoms with van der Waals surface area (Å²) in [5, 5.41) is 6.00. The number of hydrogen-bond acceptors (Lipinski definition) is 5. The van der Waals surface area contributed by atoms with Crippen LogP contribution < -0.4 is 0 Å². The van der Waals surface area contributed by atoms with Gasteiger partial charge in [0.05, 0.1) is 5.69 Å². The summed E-state index contributed by atoms with van der Waals surface area (Å²) in [6, 6.07) is 6.30. The van der Waals surface area contributed by atoms with Crippen LogP contribution in [0.15, 0.2) is 34.4 Å². The van der Waals surface area contributed by atoms with Gasteiger partial charge in [0.25, 0.3) is 0 Å². The lowest BCUT2D eigenvalue weighted by Crippen LogP contribution is -2.38. The van der Waals surface area contributed by atoms with Gasteiger partial charge in [-0.05, 0) is 24.9 Å². The predicted molar refractivity (Wildman–Crippen MR) is 80.9 cm³/mol. The van der Waals surface area contributed by atoms with Gasteiger partial charge in [-0.25, -0.2) is 4.39 Å². The molecule has 3 rings (SSSR count). The highest BCUT2D eigenvalue weighted by Crippen LogP contribution is 2.25. The minimum atomic E-state index is -0.713. The minimum absolute atomic E-state index is 0.263. The Bertz CT molecular complexity index is 531. The van der Waals surface area contributed by atoms with Crippen molar-refractivity contribution >= 4 is 11.3 Å². The molecule has 4 nitrogen and oxygen atoms in total. The second-order valence-electron chi connectivity index (χ2n) is 5.68. The molecule has 2 atom stereocenters. The summed E-state index contributed by atoms with van der Waals surface area (Å²) in [5.74, 6) is 0. The molecule has 0 saturated carbocycles. The van der Waals surface area contributed by atoms with Crippen molar-refractivity contribution in [2.45, 2.75) is 31.7 Å². The summed E-state index contributed by atoms with van der Waals surface area (Å²) >= 11 is 1.74. The highest BCUT2D eigenvalue weighted by atomic mass is 32.1. The van der Waals surface area contributed by atoms with Gasteiger partial charge in [-0.15, -0.1) is 11.3 Å². The van der Waals surface area contributed by atoms with Crippen molar-refractivity contribution in [3.8, 4) is 0 Å². The Labute approximate surface area is 128 Å². The fourth-order valence-electron chi connectivity index (χ4n) is 2.93. The van der Waals surface area contributed by atoms with E-state index in [-0.39, 0.29) is 6.04 Å². The smallest absolute Gasteiger partial charge is 0.124 e. The van der Waals surface area contributed by atoms with Gasteiger partial charge in [0.2, 0.25) is 0 Å². The lowest BCUT2D eigenvalue weighted by Gasteiger charge is -2.27. The summed E-state index contributed by atoms with van der Waals surface area (Å²) in [5.41, 5.74) is 0.914. The van der Waals surface area contributed by atoms with E-state index in [1.807, 2.05) is 13.1 Å². The molecule has 0 N–H and O–H groups in total. The molecule has 0 aliphatic carbocycles. The zero-order valence-corrected chi connectivity index (χ0v) is 12.9. The van der Waals surface area contributed by atoms with Gasteiger partial charge in [0.15, 0.2) is 0 Å². The molecule has 21 heavy (non-hydrogen) atoms. The van der Waals surface area contributed by atoms with Crippen molar-refractivity contribution in [3.05, 3.63) is 40.4 Å². The lowest BCUT2D eigenvalue weighted by molar-refractivity contribution is 0.180. The zero-order chi connectivity index (χ0) is 14.7. The number of aromatic nitrogens is 1. The topological polar surface area (TPSA) is 32.5 Å². The minimum Gasteiger partial charge on any atom is -0.364 e. The van der Waals surface area contributed by atoms with Gasteiger partial charge in [0, 0.05) is 43.2 Å². The van der Waals surface area contributed by atoms with Crippen LogP contribution >= 0.6 is 11.3 Å². The maximum Gasteiger partial charge on any atom is 0.124 e. The van der Waals surface area contributed by atoms with E-state index in [1.54, 1.807) is 17.6 Å². The Hall–Kier alpha value is -1.24. The second kappa shape index (κ2) is 6.68. The molecular formula is C15H20FN3OS. The van der Waals surface area contributed by atoms with E-state index in [2.05, 4.69) is 32.5 Å². The van der Waals surface area contributed by atoms with Crippen LogP contribution in [0, 0.1) is 0 Å². The van der Waals surface area contributed by atoms with E-state index in [9.17, 15) is 4.39 Å². The molecular weight excluding hydrogens is 289 g/mol. The molecule has 0 aromatic carbocycles. The predicted octanol–water partition coefficient (Wildman–Crippen LogP) is 2.78. The van der Waals surface area contributed by atoms with Gasteiger partial charge >= 0.3 is 0 Å². The third kappa shape index (κ3) is 3.90. The molecule has 114 valence electrons. The molecule has 3 heterocycles. The number of rotatable bonds is 6. The van der Waals surface area contributed by atoms with Crippen molar-refractivity contribution in [1.82, 2.24) is 15.0 Å². The summed E-state index contributed by atoms with van der Waals surface area (Å²) in [7, 11) is 2.05. The first kappa shape index (κ1) is 14.7. The third-order valence-corrected chi connectivity index (χ3v) is 4.72. The van der Waals surface area contributed by atoms with E-state index in [4.69, 9.17) is 4.52 Å². The van der Waals surface area contributed by atoms with Gasteiger partial charge in [-0.2, -0.15) is 0 Å². The van der Waals surface area contributed by atoms with Crippen LogP contribution in [-0.4, -0.2) is 47.3 Å². The Morgan fingerprint density at radius 1 is 1.52 bits per heavy atom. The van der Waals surface area contributed by atoms with Crippen LogP contribution in [0.3, 0.4) is 0 Å². The number of halogens is 1. The van der Waals surface area contributed by atoms with Crippen LogP contribution in [0.1, 0.15) is 17.0 Å². The molecule has 1 fully saturated rings. The van der Waals surface area contributed by atoms with Gasteiger partial charge in [-0.1, -0.05) is 11.2 Å². The Kier molecular flexibility index (Phi) is 4.67. The van der Waals surface area contributed by atoms with E-state index in [0.29, 0.717) is 13.0 Å². The SMILES string of the molecule is CN(Cc1ccon1)C[C@@H]1C[C@H](F)CN1Cc1cccs1. The molecule has 1 aliphatic heterocycles. The first-order valence-electron chi connectivity index (χ1n) is 7.19. The molecule has 1 saturated heterocycles. The first-order valence-corrected chi connectivity index (χ1v) is 8.07. The highest BCUT2D eigenvalue weighted by Gasteiger charge is 2.32. The molecule has 1 aliphatic rings. The van der Waals surface area contributed by atoms with Crippen LogP contribution in [0.2, 0.25) is 0 Å². The summed E-state index contributed by atoms with van der Waals surface area (Å²) in [6.45, 7) is 2.97. The van der Waals surface area contributed by atoms with E-state index in [0.717, 1.165) is 25.3 Å². The van der Waals surface area contributed by atoms with E-state index < -0.39 is 6.17 Å². The van der Waals surface area contributed by atoms with Crippen molar-refractivity contribution < 1.29 is 8.91 Å². The lowest BCUT2D eigenvalue weighted by atomic mass is 10.2. The van der Waals surface area contributed by atoms with Gasteiger partial charge < -0.3 is 4.52 Å². The van der Waals surface area contributed by atoms with Crippen molar-refractivity contribution in [1.29, 1.82) is 0 Å². The Morgan fingerprint density at radius 3 is 3.14 bits per heavy atom. The van der Waals surface area contributed by atoms with Gasteiger partial charge in [0.1, 0.15) is 12.4 Å². The Morgan fingerprint density at radius 2 is 2.43 bits per heavy atom. The van der Waals surface area contributed by atoms with Crippen molar-refractivity contribution in [2.75, 3.05) is 20.1 Å². The molecule has 2 aromatic rings. The van der Waals surface area contributed by atoms with Crippen molar-refractivity contribution in [3.63, 3.8) is 0 Å². The number of alkyl halides is 1. The van der Waals surface area contributed by atoms with Gasteiger partial charge in [-0.3, -0.25) is 9.80 Å². The summed E-state index contributed by atoms with van der Waals surface area (Å²) in [4.78, 5) is 5.74. The quantitative estimate of drug-likeness (QED) is 0.821. The fraction of sp³-hybridized carbons (Fsp3) is 0.533. The number of likely N-dealkylation sites (N-methyl/N-ethyl adjacent to an activating group) is 1. The molecule has 0 radical (unpaired) electrons. The fourth-order valence-corrected chi connectivity index (χ4v) is 3.66. The highest BCUT2D eigenvalue weighted by molar-refractivity contribution is 7.09. The molecule has 2 aromatic heterocycles. The maximum atomic E-state index is 13.8. The third-order valence-electron chi connectivity index (χ3n) is 3.86. The Balaban J connectivity index is 1.57. The molecule has 0 unspecified atom stereocenters. The van der Waals surface area contributed by atoms with Crippen LogP contribution in [-0.2, 0) is 13.1 Å². The zero-order valence-electron chi connectivity index (χ0n) is 12.1. The average molecular weight is 309 g/mol. The van der Waals surface area contributed by atoms with Crippen LogP contribution in [0.5, 0.6) is 0 Å². The number of hydrogen-bond donors (Lipinski definition) is 0. The molecule has 0 amide bonds. The largest absolute Gasteiger partial charge is 0.364 e. The van der Waals surface area contributed by atoms with Crippen LogP contribution in [0.4, 0.5) is 4.39 Å². The van der Waals surface area contributed by atoms with Crippen molar-refractivity contribution in [2.24, 2.45) is 0 Å². The summed E-state index contributed by atoms with van der Waals surface area (Å²) in [6.07, 6.45) is 1.49.